The summed E-state index contributed by atoms with van der Waals surface area (Å²) < 4.78 is 0. The van der Waals surface area contributed by atoms with Gasteiger partial charge in [0, 0.05) is 17.5 Å². The van der Waals surface area contributed by atoms with E-state index in [0.29, 0.717) is 12.1 Å². The molecule has 0 bridgehead atoms. The Kier molecular flexibility index (Phi) is 3.38. The van der Waals surface area contributed by atoms with E-state index in [4.69, 9.17) is 10.7 Å². The number of nitrogens with one attached hydrogen (secondary N) is 1. The van der Waals surface area contributed by atoms with Gasteiger partial charge in [0.25, 0.3) is 0 Å². The van der Waals surface area contributed by atoms with Gasteiger partial charge in [-0.2, -0.15) is 0 Å². The van der Waals surface area contributed by atoms with E-state index in [-0.39, 0.29) is 0 Å². The van der Waals surface area contributed by atoms with Gasteiger partial charge in [-0.05, 0) is 50.3 Å². The van der Waals surface area contributed by atoms with Gasteiger partial charge < -0.3 is 11.1 Å². The van der Waals surface area contributed by atoms with Gasteiger partial charge in [0.1, 0.15) is 5.82 Å². The topological polar surface area (TPSA) is 50.9 Å². The standard InChI is InChI=1S/C16H21N3/c1-11-9-16(18-13-6-4-5-12(17)10-13)19-15-8-3-2-7-14(11)15/h2-3,7-9,12-13H,4-6,10,17H2,1H3,(H,18,19). The molecule has 0 spiro atoms. The van der Waals surface area contributed by atoms with Crippen LogP contribution in [-0.2, 0) is 0 Å². The highest BCUT2D eigenvalue weighted by Crippen LogP contribution is 2.23. The number of aryl methyl sites for hydroxylation is 1. The molecule has 1 aliphatic carbocycles. The normalized spacial score (nSPS) is 23.5. The van der Waals surface area contributed by atoms with Crippen LogP contribution < -0.4 is 11.1 Å². The van der Waals surface area contributed by atoms with Gasteiger partial charge in [-0.25, -0.2) is 4.98 Å². The SMILES string of the molecule is Cc1cc(NC2CCCC(N)C2)nc2ccccc12. The van der Waals surface area contributed by atoms with Gasteiger partial charge in [-0.15, -0.1) is 0 Å². The quantitative estimate of drug-likeness (QED) is 0.866. The number of nitrogens with two attached hydrogens (primary N) is 1. The molecular weight excluding hydrogens is 234 g/mol. The van der Waals surface area contributed by atoms with Crippen LogP contribution >= 0.6 is 0 Å². The van der Waals surface area contributed by atoms with Crippen LogP contribution in [0.25, 0.3) is 10.9 Å². The van der Waals surface area contributed by atoms with E-state index >= 15 is 0 Å². The fraction of sp³-hybridized carbons (Fsp3) is 0.438. The monoisotopic (exact) mass is 255 g/mol. The molecule has 1 aromatic heterocycles. The molecule has 0 aliphatic heterocycles. The average molecular weight is 255 g/mol. The Balaban J connectivity index is 1.85. The first-order valence-electron chi connectivity index (χ1n) is 7.11. The fourth-order valence-electron chi connectivity index (χ4n) is 2.99. The molecule has 19 heavy (non-hydrogen) atoms. The number of rotatable bonds is 2. The van der Waals surface area contributed by atoms with Gasteiger partial charge in [0.2, 0.25) is 0 Å². The van der Waals surface area contributed by atoms with Crippen LogP contribution in [0.5, 0.6) is 0 Å². The van der Waals surface area contributed by atoms with Crippen molar-refractivity contribution in [2.24, 2.45) is 5.73 Å². The van der Waals surface area contributed by atoms with E-state index in [9.17, 15) is 0 Å². The lowest BCUT2D eigenvalue weighted by Crippen LogP contribution is -2.35. The van der Waals surface area contributed by atoms with Crippen LogP contribution in [0.2, 0.25) is 0 Å². The first kappa shape index (κ1) is 12.4. The van der Waals surface area contributed by atoms with Crippen molar-refractivity contribution in [1.29, 1.82) is 0 Å². The predicted molar refractivity (Wildman–Crippen MR) is 80.3 cm³/mol. The molecule has 1 aromatic carbocycles. The van der Waals surface area contributed by atoms with E-state index < -0.39 is 0 Å². The summed E-state index contributed by atoms with van der Waals surface area (Å²) in [6.45, 7) is 2.14. The molecule has 2 unspecified atom stereocenters. The zero-order valence-electron chi connectivity index (χ0n) is 11.4. The third-order valence-electron chi connectivity index (χ3n) is 3.99. The van der Waals surface area contributed by atoms with Gasteiger partial charge in [-0.3, -0.25) is 0 Å². The van der Waals surface area contributed by atoms with Crippen molar-refractivity contribution in [3.8, 4) is 0 Å². The van der Waals surface area contributed by atoms with E-state index in [2.05, 4.69) is 36.5 Å². The first-order chi connectivity index (χ1) is 9.22. The van der Waals surface area contributed by atoms with Gasteiger partial charge in [0.15, 0.2) is 0 Å². The zero-order valence-corrected chi connectivity index (χ0v) is 11.4. The number of para-hydroxylation sites is 1. The Labute approximate surface area is 114 Å². The second-order valence-corrected chi connectivity index (χ2v) is 5.61. The van der Waals surface area contributed by atoms with Crippen LogP contribution in [-0.4, -0.2) is 17.1 Å². The van der Waals surface area contributed by atoms with Crippen LogP contribution in [0.1, 0.15) is 31.2 Å². The minimum atomic E-state index is 0.341. The lowest BCUT2D eigenvalue weighted by molar-refractivity contribution is 0.409. The van der Waals surface area contributed by atoms with Crippen LogP contribution in [0, 0.1) is 6.92 Å². The summed E-state index contributed by atoms with van der Waals surface area (Å²) in [7, 11) is 0. The molecule has 2 aromatic rings. The molecule has 100 valence electrons. The number of nitrogens with zero attached hydrogens (tertiary/aromatic N) is 1. The highest BCUT2D eigenvalue weighted by molar-refractivity contribution is 5.83. The molecule has 3 nitrogen and oxygen atoms in total. The van der Waals surface area contributed by atoms with Crippen LogP contribution in [0.3, 0.4) is 0 Å². The number of hydrogen-bond acceptors (Lipinski definition) is 3. The third kappa shape index (κ3) is 2.71. The summed E-state index contributed by atoms with van der Waals surface area (Å²) in [5.74, 6) is 0.982. The molecule has 3 heteroatoms. The molecule has 1 heterocycles. The van der Waals surface area contributed by atoms with Crippen molar-refractivity contribution in [3.63, 3.8) is 0 Å². The lowest BCUT2D eigenvalue weighted by atomic mass is 9.91. The molecule has 0 radical (unpaired) electrons. The average Bonchev–Trinajstić information content (AvgIpc) is 2.39. The van der Waals surface area contributed by atoms with Gasteiger partial charge in [-0.1, -0.05) is 18.2 Å². The maximum absolute atomic E-state index is 6.04. The number of pyridine rings is 1. The van der Waals surface area contributed by atoms with Crippen molar-refractivity contribution >= 4 is 16.7 Å². The summed E-state index contributed by atoms with van der Waals surface area (Å²) in [4.78, 5) is 4.70. The Bertz CT molecular complexity index is 579. The van der Waals surface area contributed by atoms with E-state index in [1.165, 1.54) is 23.8 Å². The van der Waals surface area contributed by atoms with Crippen molar-refractivity contribution in [1.82, 2.24) is 4.98 Å². The van der Waals surface area contributed by atoms with Gasteiger partial charge >= 0.3 is 0 Å². The van der Waals surface area contributed by atoms with E-state index in [0.717, 1.165) is 24.2 Å². The fourth-order valence-corrected chi connectivity index (χ4v) is 2.99. The Morgan fingerprint density at radius 2 is 2.11 bits per heavy atom. The Morgan fingerprint density at radius 1 is 1.26 bits per heavy atom. The largest absolute Gasteiger partial charge is 0.367 e. The van der Waals surface area contributed by atoms with Crippen molar-refractivity contribution < 1.29 is 0 Å². The van der Waals surface area contributed by atoms with Crippen molar-refractivity contribution in [2.75, 3.05) is 5.32 Å². The summed E-state index contributed by atoms with van der Waals surface area (Å²) >= 11 is 0. The Morgan fingerprint density at radius 3 is 2.95 bits per heavy atom. The molecule has 1 fully saturated rings. The second kappa shape index (κ2) is 5.17. The summed E-state index contributed by atoms with van der Waals surface area (Å²) in [5, 5.41) is 4.78. The highest BCUT2D eigenvalue weighted by Gasteiger charge is 2.19. The molecule has 1 saturated carbocycles. The molecule has 0 saturated heterocycles. The van der Waals surface area contributed by atoms with Gasteiger partial charge in [0.05, 0.1) is 5.52 Å². The number of hydrogen-bond donors (Lipinski definition) is 2. The number of fused-ring (bicyclic) bond motifs is 1. The first-order valence-corrected chi connectivity index (χ1v) is 7.11. The summed E-state index contributed by atoms with van der Waals surface area (Å²) in [6.07, 6.45) is 4.61. The molecule has 3 rings (SSSR count). The number of benzene rings is 1. The van der Waals surface area contributed by atoms with Crippen molar-refractivity contribution in [2.45, 2.75) is 44.7 Å². The molecule has 0 amide bonds. The van der Waals surface area contributed by atoms with E-state index in [1.807, 2.05) is 6.07 Å². The second-order valence-electron chi connectivity index (χ2n) is 5.61. The minimum Gasteiger partial charge on any atom is -0.367 e. The maximum Gasteiger partial charge on any atom is 0.127 e. The maximum atomic E-state index is 6.04. The molecule has 3 N–H and O–H groups in total. The number of anilines is 1. The van der Waals surface area contributed by atoms with Crippen LogP contribution in [0.15, 0.2) is 30.3 Å². The smallest absolute Gasteiger partial charge is 0.127 e. The molecule has 1 aliphatic rings. The zero-order chi connectivity index (χ0) is 13.2. The highest BCUT2D eigenvalue weighted by atomic mass is 15.0. The summed E-state index contributed by atoms with van der Waals surface area (Å²) in [5.41, 5.74) is 8.37. The summed E-state index contributed by atoms with van der Waals surface area (Å²) in [6, 6.07) is 11.2. The van der Waals surface area contributed by atoms with Crippen LogP contribution in [0.4, 0.5) is 5.82 Å². The lowest BCUT2D eigenvalue weighted by Gasteiger charge is -2.28. The predicted octanol–water partition coefficient (Wildman–Crippen LogP) is 3.23. The molecule has 2 atom stereocenters. The molecular formula is C16H21N3. The minimum absolute atomic E-state index is 0.341. The third-order valence-corrected chi connectivity index (χ3v) is 3.99. The number of aromatic nitrogens is 1. The Hall–Kier alpha value is -1.61. The van der Waals surface area contributed by atoms with E-state index in [1.54, 1.807) is 0 Å². The van der Waals surface area contributed by atoms with Crippen molar-refractivity contribution in [3.05, 3.63) is 35.9 Å².